The van der Waals surface area contributed by atoms with E-state index in [1.54, 1.807) is 31.3 Å². The molecule has 0 amide bonds. The van der Waals surface area contributed by atoms with Crippen molar-refractivity contribution >= 4 is 26.8 Å². The van der Waals surface area contributed by atoms with Gasteiger partial charge in [0.15, 0.2) is 0 Å². The summed E-state index contributed by atoms with van der Waals surface area (Å²) >= 11 is 0. The van der Waals surface area contributed by atoms with Gasteiger partial charge < -0.3 is 9.73 Å². The van der Waals surface area contributed by atoms with Crippen molar-refractivity contribution in [1.82, 2.24) is 0 Å². The molecule has 0 aromatic heterocycles. The smallest absolute Gasteiger partial charge is 0.295 e. The monoisotopic (exact) mass is 394 g/mol. The van der Waals surface area contributed by atoms with Crippen LogP contribution >= 0.6 is 0 Å². The molecule has 0 saturated carbocycles. The summed E-state index contributed by atoms with van der Waals surface area (Å²) in [6, 6.07) is 17.5. The Kier molecular flexibility index (Phi) is 4.41. The van der Waals surface area contributed by atoms with Crippen LogP contribution < -0.4 is 10.7 Å². The van der Waals surface area contributed by atoms with E-state index >= 15 is 0 Å². The molecule has 2 N–H and O–H groups in total. The third-order valence-corrected chi connectivity index (χ3v) is 5.60. The van der Waals surface area contributed by atoms with E-state index in [1.165, 1.54) is 6.07 Å². The van der Waals surface area contributed by atoms with Gasteiger partial charge in [-0.15, -0.1) is 0 Å². The van der Waals surface area contributed by atoms with E-state index < -0.39 is 10.1 Å². The molecule has 0 radical (unpaired) electrons. The molecule has 0 saturated heterocycles. The number of hydrogen-bond donors (Lipinski definition) is 2. The van der Waals surface area contributed by atoms with Crippen LogP contribution in [0.4, 0.5) is 5.69 Å². The zero-order chi connectivity index (χ0) is 19.9. The molecule has 2 aliphatic rings. The number of rotatable bonds is 3. The summed E-state index contributed by atoms with van der Waals surface area (Å²) in [7, 11) is -0.905. The van der Waals surface area contributed by atoms with Crippen LogP contribution in [0.1, 0.15) is 0 Å². The highest BCUT2D eigenvalue weighted by molar-refractivity contribution is 7.86. The van der Waals surface area contributed by atoms with E-state index in [0.717, 1.165) is 22.0 Å². The molecule has 2 aromatic rings. The molecule has 1 heterocycles. The van der Waals surface area contributed by atoms with Crippen LogP contribution in [0.3, 0.4) is 0 Å². The minimum Gasteiger partial charge on any atom is -0.456 e. The Bertz CT molecular complexity index is 1340. The number of fused-ring (bicyclic) bond motifs is 2. The van der Waals surface area contributed by atoms with Crippen molar-refractivity contribution in [2.75, 3.05) is 19.4 Å². The molecular formula is C21H18N2O4S. The second-order valence-corrected chi connectivity index (χ2v) is 7.70. The minimum atomic E-state index is -4.41. The molecular weight excluding hydrogens is 376 g/mol. The lowest BCUT2D eigenvalue weighted by molar-refractivity contribution is 0.483. The number of nitrogens with zero attached hydrogens (tertiary/aromatic N) is 1. The average Bonchev–Trinajstić information content (AvgIpc) is 2.70. The van der Waals surface area contributed by atoms with E-state index in [4.69, 9.17) is 4.42 Å². The molecule has 0 bridgehead atoms. The molecule has 0 spiro atoms. The van der Waals surface area contributed by atoms with Crippen LogP contribution in [0.2, 0.25) is 0 Å². The predicted molar refractivity (Wildman–Crippen MR) is 109 cm³/mol. The average molecular weight is 394 g/mol. The van der Waals surface area contributed by atoms with Crippen molar-refractivity contribution in [3.05, 3.63) is 66.0 Å². The Morgan fingerprint density at radius 1 is 1.00 bits per heavy atom. The van der Waals surface area contributed by atoms with Crippen molar-refractivity contribution < 1.29 is 17.4 Å². The molecule has 2 aromatic carbocycles. The van der Waals surface area contributed by atoms with Crippen LogP contribution in [0.25, 0.3) is 33.4 Å². The summed E-state index contributed by atoms with van der Waals surface area (Å²) in [4.78, 5) is 4.04. The van der Waals surface area contributed by atoms with Gasteiger partial charge in [-0.25, -0.2) is 0 Å². The fourth-order valence-corrected chi connectivity index (χ4v) is 4.06. The van der Waals surface area contributed by atoms with Crippen LogP contribution in [-0.2, 0) is 10.1 Å². The van der Waals surface area contributed by atoms with Crippen molar-refractivity contribution in [3.63, 3.8) is 0 Å². The normalized spacial score (nSPS) is 12.6. The summed E-state index contributed by atoms with van der Waals surface area (Å²) in [5.41, 5.74) is 3.27. The minimum absolute atomic E-state index is 0.147. The molecule has 4 rings (SSSR count). The standard InChI is InChI=1S/C21H18N2O4S/c1-22-13-7-9-15-18(11-13)27-19-12-14(23-2)8-10-16(19)21(15)17-5-3-4-6-20(17)28(24,25)26/h3-12,22H,1-2H3,(H,24,25,26)/b23-14+. The molecule has 0 unspecified atom stereocenters. The molecule has 142 valence electrons. The second kappa shape index (κ2) is 6.78. The number of benzene rings is 3. The maximum Gasteiger partial charge on any atom is 0.295 e. The third kappa shape index (κ3) is 3.04. The maximum absolute atomic E-state index is 12.0. The number of anilines is 1. The van der Waals surface area contributed by atoms with Crippen molar-refractivity contribution in [1.29, 1.82) is 0 Å². The Balaban J connectivity index is 2.21. The first-order chi connectivity index (χ1) is 13.4. The van der Waals surface area contributed by atoms with Crippen LogP contribution in [0.5, 0.6) is 0 Å². The topological polar surface area (TPSA) is 91.9 Å². The molecule has 28 heavy (non-hydrogen) atoms. The molecule has 6 nitrogen and oxygen atoms in total. The van der Waals surface area contributed by atoms with E-state index in [1.807, 2.05) is 37.4 Å². The van der Waals surface area contributed by atoms with Gasteiger partial charge in [-0.05, 0) is 30.3 Å². The van der Waals surface area contributed by atoms with E-state index in [0.29, 0.717) is 22.5 Å². The van der Waals surface area contributed by atoms with Gasteiger partial charge >= 0.3 is 0 Å². The lowest BCUT2D eigenvalue weighted by Crippen LogP contribution is -2.04. The first-order valence-corrected chi connectivity index (χ1v) is 10.0. The van der Waals surface area contributed by atoms with Gasteiger partial charge in [0.25, 0.3) is 10.1 Å². The maximum atomic E-state index is 12.0. The SMILES string of the molecule is C/N=c1\ccc2c(-c3ccccc3S(=O)(=O)O)c3ccc(NC)cc3oc-2c1. The first kappa shape index (κ1) is 18.2. The molecule has 1 aliphatic heterocycles. The highest BCUT2D eigenvalue weighted by atomic mass is 32.2. The van der Waals surface area contributed by atoms with Crippen molar-refractivity contribution in [2.24, 2.45) is 4.99 Å². The van der Waals surface area contributed by atoms with Gasteiger partial charge in [-0.1, -0.05) is 18.2 Å². The number of nitrogens with one attached hydrogen (secondary N) is 1. The Hall–Kier alpha value is -3.16. The van der Waals surface area contributed by atoms with Gasteiger partial charge in [-0.2, -0.15) is 8.42 Å². The summed E-state index contributed by atoms with van der Waals surface area (Å²) < 4.78 is 39.9. The van der Waals surface area contributed by atoms with Crippen molar-refractivity contribution in [2.45, 2.75) is 4.90 Å². The molecule has 0 fully saturated rings. The largest absolute Gasteiger partial charge is 0.456 e. The Morgan fingerprint density at radius 2 is 1.79 bits per heavy atom. The Labute approximate surface area is 162 Å². The zero-order valence-electron chi connectivity index (χ0n) is 15.3. The first-order valence-electron chi connectivity index (χ1n) is 8.60. The van der Waals surface area contributed by atoms with Crippen molar-refractivity contribution in [3.8, 4) is 22.5 Å². The van der Waals surface area contributed by atoms with Gasteiger partial charge in [0, 0.05) is 54.0 Å². The lowest BCUT2D eigenvalue weighted by Gasteiger charge is -2.17. The van der Waals surface area contributed by atoms with Crippen LogP contribution in [0.15, 0.2) is 75.0 Å². The summed E-state index contributed by atoms with van der Waals surface area (Å²) in [5.74, 6) is 0.573. The van der Waals surface area contributed by atoms with Gasteiger partial charge in [0.2, 0.25) is 0 Å². The lowest BCUT2D eigenvalue weighted by atomic mass is 9.93. The number of hydrogen-bond acceptors (Lipinski definition) is 5. The summed E-state index contributed by atoms with van der Waals surface area (Å²) in [6.45, 7) is 0. The van der Waals surface area contributed by atoms with Crippen LogP contribution in [0, 0.1) is 0 Å². The Morgan fingerprint density at radius 3 is 2.50 bits per heavy atom. The highest BCUT2D eigenvalue weighted by Gasteiger charge is 2.23. The fourth-order valence-electron chi connectivity index (χ4n) is 3.36. The summed E-state index contributed by atoms with van der Waals surface area (Å²) in [6.07, 6.45) is 0. The van der Waals surface area contributed by atoms with Gasteiger partial charge in [-0.3, -0.25) is 9.55 Å². The molecule has 0 atom stereocenters. The van der Waals surface area contributed by atoms with Gasteiger partial charge in [0.1, 0.15) is 16.2 Å². The quantitative estimate of drug-likeness (QED) is 0.404. The second-order valence-electron chi connectivity index (χ2n) is 6.31. The van der Waals surface area contributed by atoms with E-state index in [2.05, 4.69) is 10.3 Å². The molecule has 1 aliphatic carbocycles. The van der Waals surface area contributed by atoms with Crippen LogP contribution in [-0.4, -0.2) is 27.1 Å². The third-order valence-electron chi connectivity index (χ3n) is 4.69. The predicted octanol–water partition coefficient (Wildman–Crippen LogP) is 4.02. The summed E-state index contributed by atoms with van der Waals surface area (Å²) in [5, 5.41) is 4.55. The zero-order valence-corrected chi connectivity index (χ0v) is 16.1. The van der Waals surface area contributed by atoms with Gasteiger partial charge in [0.05, 0.1) is 5.36 Å². The van der Waals surface area contributed by atoms with E-state index in [9.17, 15) is 13.0 Å². The highest BCUT2D eigenvalue weighted by Crippen LogP contribution is 2.42. The molecule has 7 heteroatoms. The van der Waals surface area contributed by atoms with E-state index in [-0.39, 0.29) is 4.90 Å². The fraction of sp³-hybridized carbons (Fsp3) is 0.0952.